The van der Waals surface area contributed by atoms with Crippen LogP contribution >= 0.6 is 54.5 Å². The molecular weight excluding hydrogens is 639 g/mol. The lowest BCUT2D eigenvalue weighted by molar-refractivity contribution is 0.0954. The molecule has 0 heterocycles. The van der Waals surface area contributed by atoms with E-state index in [2.05, 4.69) is 84.0 Å². The molecule has 0 spiro atoms. The Balaban J connectivity index is 1.65. The van der Waals surface area contributed by atoms with Crippen LogP contribution in [0.1, 0.15) is 27.0 Å². The first-order chi connectivity index (χ1) is 14.9. The second kappa shape index (κ2) is 11.1. The predicted molar refractivity (Wildman–Crippen MR) is 138 cm³/mol. The Morgan fingerprint density at radius 3 is 2.55 bits per heavy atom. The predicted octanol–water partition coefficient (Wildman–Crippen LogP) is 6.48. The molecule has 1 amide bonds. The maximum Gasteiger partial charge on any atom is 0.271 e. The Labute approximate surface area is 211 Å². The van der Waals surface area contributed by atoms with E-state index in [1.54, 1.807) is 25.5 Å². The van der Waals surface area contributed by atoms with Gasteiger partial charge >= 0.3 is 0 Å². The van der Waals surface area contributed by atoms with E-state index in [0.717, 1.165) is 23.6 Å². The van der Waals surface area contributed by atoms with Crippen LogP contribution in [0.2, 0.25) is 0 Å². The van der Waals surface area contributed by atoms with Crippen LogP contribution < -0.4 is 14.9 Å². The van der Waals surface area contributed by atoms with E-state index in [-0.39, 0.29) is 5.91 Å². The van der Waals surface area contributed by atoms with E-state index in [1.165, 1.54) is 5.56 Å². The molecule has 0 aliphatic carbocycles. The molecular formula is C23H19Br2IN2O3. The number of hydrogen-bond donors (Lipinski definition) is 1. The minimum atomic E-state index is -0.317. The third-order valence-electron chi connectivity index (χ3n) is 4.28. The van der Waals surface area contributed by atoms with Gasteiger partial charge in [-0.15, -0.1) is 0 Å². The zero-order chi connectivity index (χ0) is 22.4. The number of nitrogens with zero attached hydrogens (tertiary/aromatic N) is 1. The molecule has 0 aromatic heterocycles. The summed E-state index contributed by atoms with van der Waals surface area (Å²) in [6.45, 7) is 2.51. The maximum absolute atomic E-state index is 12.3. The molecule has 160 valence electrons. The molecule has 1 N–H and O–H groups in total. The molecule has 0 fully saturated rings. The lowest BCUT2D eigenvalue weighted by Crippen LogP contribution is -2.17. The molecule has 3 rings (SSSR count). The minimum Gasteiger partial charge on any atom is -0.496 e. The average molecular weight is 658 g/mol. The minimum absolute atomic E-state index is 0.317. The number of amides is 1. The van der Waals surface area contributed by atoms with Gasteiger partial charge in [0.2, 0.25) is 0 Å². The Morgan fingerprint density at radius 1 is 1.13 bits per heavy atom. The Kier molecular flexibility index (Phi) is 8.50. The monoisotopic (exact) mass is 656 g/mol. The molecule has 0 atom stereocenters. The summed E-state index contributed by atoms with van der Waals surface area (Å²) in [4.78, 5) is 12.3. The lowest BCUT2D eigenvalue weighted by atomic mass is 10.1. The van der Waals surface area contributed by atoms with Gasteiger partial charge in [-0.05, 0) is 103 Å². The van der Waals surface area contributed by atoms with Crippen molar-refractivity contribution in [3.8, 4) is 11.5 Å². The van der Waals surface area contributed by atoms with Gasteiger partial charge in [0, 0.05) is 5.56 Å². The van der Waals surface area contributed by atoms with Crippen LogP contribution in [0.4, 0.5) is 0 Å². The van der Waals surface area contributed by atoms with Gasteiger partial charge in [0.15, 0.2) is 0 Å². The number of benzene rings is 3. The van der Waals surface area contributed by atoms with Crippen LogP contribution in [0, 0.1) is 10.5 Å². The molecule has 5 nitrogen and oxygen atoms in total. The summed E-state index contributed by atoms with van der Waals surface area (Å²) in [6, 6.07) is 17.2. The molecule has 0 aliphatic rings. The molecule has 8 heteroatoms. The number of halogens is 3. The van der Waals surface area contributed by atoms with Crippen molar-refractivity contribution in [2.75, 3.05) is 7.11 Å². The number of methoxy groups -OCH3 is 1. The molecule has 0 bridgehead atoms. The molecule has 3 aromatic rings. The summed E-state index contributed by atoms with van der Waals surface area (Å²) in [7, 11) is 1.57. The normalized spacial score (nSPS) is 10.9. The molecule has 0 unspecified atom stereocenters. The maximum atomic E-state index is 12.3. The average Bonchev–Trinajstić information content (AvgIpc) is 2.73. The van der Waals surface area contributed by atoms with Gasteiger partial charge in [-0.3, -0.25) is 4.79 Å². The third-order valence-corrected chi connectivity index (χ3v) is 6.35. The second-order valence-electron chi connectivity index (χ2n) is 6.64. The summed E-state index contributed by atoms with van der Waals surface area (Å²) in [5.41, 5.74) is 6.08. The van der Waals surface area contributed by atoms with E-state index in [1.807, 2.05) is 30.3 Å². The van der Waals surface area contributed by atoms with Gasteiger partial charge in [-0.1, -0.05) is 29.8 Å². The van der Waals surface area contributed by atoms with Crippen molar-refractivity contribution < 1.29 is 14.3 Å². The summed E-state index contributed by atoms with van der Waals surface area (Å²) in [5.74, 6) is 1.03. The zero-order valence-electron chi connectivity index (χ0n) is 16.8. The van der Waals surface area contributed by atoms with Crippen molar-refractivity contribution in [3.63, 3.8) is 0 Å². The van der Waals surface area contributed by atoms with E-state index in [9.17, 15) is 4.79 Å². The zero-order valence-corrected chi connectivity index (χ0v) is 22.1. The number of hydrogen-bond acceptors (Lipinski definition) is 4. The van der Waals surface area contributed by atoms with Crippen molar-refractivity contribution in [2.24, 2.45) is 5.10 Å². The number of hydrazone groups is 1. The first-order valence-corrected chi connectivity index (χ1v) is 11.9. The van der Waals surface area contributed by atoms with E-state index in [4.69, 9.17) is 9.47 Å². The van der Waals surface area contributed by atoms with Crippen LogP contribution in [-0.2, 0) is 6.61 Å². The number of nitrogens with one attached hydrogen (secondary N) is 1. The van der Waals surface area contributed by atoms with Crippen molar-refractivity contribution >= 4 is 66.6 Å². The molecule has 0 radical (unpaired) electrons. The first-order valence-electron chi connectivity index (χ1n) is 9.21. The smallest absolute Gasteiger partial charge is 0.271 e. The molecule has 0 saturated heterocycles. The largest absolute Gasteiger partial charge is 0.496 e. The van der Waals surface area contributed by atoms with Crippen LogP contribution in [0.25, 0.3) is 0 Å². The van der Waals surface area contributed by atoms with Crippen molar-refractivity contribution in [1.82, 2.24) is 5.43 Å². The molecule has 31 heavy (non-hydrogen) atoms. The van der Waals surface area contributed by atoms with Crippen molar-refractivity contribution in [2.45, 2.75) is 13.5 Å². The Bertz CT molecular complexity index is 1110. The first kappa shape index (κ1) is 23.7. The number of ether oxygens (including phenoxy) is 2. The van der Waals surface area contributed by atoms with Crippen LogP contribution in [-0.4, -0.2) is 19.2 Å². The van der Waals surface area contributed by atoms with Gasteiger partial charge in [-0.2, -0.15) is 5.10 Å². The number of aryl methyl sites for hydroxylation is 1. The highest BCUT2D eigenvalue weighted by atomic mass is 127. The summed E-state index contributed by atoms with van der Waals surface area (Å²) < 4.78 is 13.7. The van der Waals surface area contributed by atoms with Crippen LogP contribution in [0.15, 0.2) is 68.6 Å². The molecule has 0 aliphatic heterocycles. The highest BCUT2D eigenvalue weighted by Gasteiger charge is 2.10. The second-order valence-corrected chi connectivity index (χ2v) is 9.51. The fourth-order valence-electron chi connectivity index (χ4n) is 2.78. The van der Waals surface area contributed by atoms with Gasteiger partial charge in [-0.25, -0.2) is 5.43 Å². The third kappa shape index (κ3) is 6.54. The van der Waals surface area contributed by atoms with Gasteiger partial charge in [0.25, 0.3) is 5.91 Å². The highest BCUT2D eigenvalue weighted by molar-refractivity contribution is 14.1. The van der Waals surface area contributed by atoms with E-state index >= 15 is 0 Å². The summed E-state index contributed by atoms with van der Waals surface area (Å²) in [5, 5.41) is 4.06. The van der Waals surface area contributed by atoms with Crippen LogP contribution in [0.5, 0.6) is 11.5 Å². The standard InChI is InChI=1S/C23H19Br2IN2O3/c1-14-4-3-5-15(8-14)13-31-22-18(24)9-16(10-19(22)25)12-27-28-23(29)17-6-7-20(26)21(11-17)30-2/h3-12H,13H2,1-2H3,(H,28,29)/b27-12-. The Morgan fingerprint density at radius 2 is 1.87 bits per heavy atom. The van der Waals surface area contributed by atoms with E-state index < -0.39 is 0 Å². The van der Waals surface area contributed by atoms with Gasteiger partial charge in [0.1, 0.15) is 18.1 Å². The fraction of sp³-hybridized carbons (Fsp3) is 0.130. The Hall–Kier alpha value is -1.91. The van der Waals surface area contributed by atoms with Crippen LogP contribution in [0.3, 0.4) is 0 Å². The number of carbonyl (C=O) groups excluding carboxylic acids is 1. The summed E-state index contributed by atoms with van der Waals surface area (Å²) >= 11 is 9.25. The highest BCUT2D eigenvalue weighted by Crippen LogP contribution is 2.35. The topological polar surface area (TPSA) is 59.9 Å². The lowest BCUT2D eigenvalue weighted by Gasteiger charge is -2.11. The van der Waals surface area contributed by atoms with Crippen molar-refractivity contribution in [3.05, 3.63) is 89.4 Å². The molecule has 3 aromatic carbocycles. The van der Waals surface area contributed by atoms with E-state index in [0.29, 0.717) is 23.7 Å². The quantitative estimate of drug-likeness (QED) is 0.180. The van der Waals surface area contributed by atoms with Crippen molar-refractivity contribution in [1.29, 1.82) is 0 Å². The van der Waals surface area contributed by atoms with Gasteiger partial charge in [0.05, 0.1) is 25.8 Å². The summed E-state index contributed by atoms with van der Waals surface area (Å²) in [6.07, 6.45) is 1.57. The fourth-order valence-corrected chi connectivity index (χ4v) is 4.79. The number of rotatable bonds is 7. The molecule has 0 saturated carbocycles. The number of carbonyl (C=O) groups is 1. The SMILES string of the molecule is COc1cc(C(=O)N/N=C\c2cc(Br)c(OCc3cccc(C)c3)c(Br)c2)ccc1I. The van der Waals surface area contributed by atoms with Gasteiger partial charge < -0.3 is 9.47 Å².